The van der Waals surface area contributed by atoms with Crippen molar-refractivity contribution < 1.29 is 14.8 Å². The fraction of sp³-hybridized carbons (Fsp3) is 0.462. The Kier molecular flexibility index (Phi) is 5.95. The van der Waals surface area contributed by atoms with Crippen molar-refractivity contribution in [2.45, 2.75) is 32.2 Å². The molecule has 1 aromatic rings. The van der Waals surface area contributed by atoms with E-state index in [1.807, 2.05) is 13.0 Å². The minimum absolute atomic E-state index is 0.00805. The summed E-state index contributed by atoms with van der Waals surface area (Å²) in [6, 6.07) is 6.52. The molecule has 0 aliphatic rings. The Morgan fingerprint density at radius 2 is 2.26 bits per heavy atom. The van der Waals surface area contributed by atoms with Crippen LogP contribution in [0.4, 0.5) is 5.69 Å². The minimum atomic E-state index is -0.815. The highest BCUT2D eigenvalue weighted by molar-refractivity contribution is 5.66. The Morgan fingerprint density at radius 1 is 1.53 bits per heavy atom. The van der Waals surface area contributed by atoms with Gasteiger partial charge in [0.1, 0.15) is 0 Å². The molecule has 0 radical (unpaired) electrons. The number of nitro benzene ring substituents is 1. The van der Waals surface area contributed by atoms with Gasteiger partial charge < -0.3 is 10.4 Å². The van der Waals surface area contributed by atoms with Crippen LogP contribution in [0.3, 0.4) is 0 Å². The third kappa shape index (κ3) is 5.05. The van der Waals surface area contributed by atoms with Gasteiger partial charge in [-0.15, -0.1) is 0 Å². The summed E-state index contributed by atoms with van der Waals surface area (Å²) >= 11 is 0. The van der Waals surface area contributed by atoms with E-state index in [1.165, 1.54) is 6.07 Å². The lowest BCUT2D eigenvalue weighted by molar-refractivity contribution is -0.384. The van der Waals surface area contributed by atoms with Crippen LogP contribution in [0, 0.1) is 10.1 Å². The van der Waals surface area contributed by atoms with Gasteiger partial charge in [-0.3, -0.25) is 14.9 Å². The Hall–Kier alpha value is -1.95. The molecule has 19 heavy (non-hydrogen) atoms. The van der Waals surface area contributed by atoms with Crippen molar-refractivity contribution in [1.82, 2.24) is 5.32 Å². The number of nitro groups is 1. The van der Waals surface area contributed by atoms with Crippen molar-refractivity contribution in [2.24, 2.45) is 0 Å². The van der Waals surface area contributed by atoms with Crippen molar-refractivity contribution in [2.75, 3.05) is 6.54 Å². The van der Waals surface area contributed by atoms with E-state index in [0.29, 0.717) is 13.0 Å². The summed E-state index contributed by atoms with van der Waals surface area (Å²) < 4.78 is 0. The molecule has 6 heteroatoms. The maximum Gasteiger partial charge on any atom is 0.303 e. The molecule has 0 saturated carbocycles. The van der Waals surface area contributed by atoms with Crippen molar-refractivity contribution in [3.63, 3.8) is 0 Å². The number of non-ortho nitro benzene ring substituents is 1. The maximum atomic E-state index is 10.7. The number of hydrogen-bond donors (Lipinski definition) is 2. The normalized spacial score (nSPS) is 12.1. The zero-order valence-electron chi connectivity index (χ0n) is 10.8. The average Bonchev–Trinajstić information content (AvgIpc) is 2.38. The zero-order valence-corrected chi connectivity index (χ0v) is 10.8. The quantitative estimate of drug-likeness (QED) is 0.428. The smallest absolute Gasteiger partial charge is 0.303 e. The molecule has 0 aliphatic heterocycles. The molecule has 0 aromatic heterocycles. The summed E-state index contributed by atoms with van der Waals surface area (Å²) in [6.07, 6.45) is 1.45. The number of carbonyl (C=O) groups is 1. The van der Waals surface area contributed by atoms with Crippen LogP contribution in [0.1, 0.15) is 37.8 Å². The summed E-state index contributed by atoms with van der Waals surface area (Å²) in [6.45, 7) is 2.56. The van der Waals surface area contributed by atoms with Crippen LogP contribution in [-0.2, 0) is 4.79 Å². The van der Waals surface area contributed by atoms with Gasteiger partial charge in [0, 0.05) is 24.6 Å². The number of carboxylic acids is 1. The third-order valence-corrected chi connectivity index (χ3v) is 2.85. The Bertz CT molecular complexity index is 448. The lowest BCUT2D eigenvalue weighted by Gasteiger charge is -2.17. The second kappa shape index (κ2) is 7.48. The summed E-state index contributed by atoms with van der Waals surface area (Å²) in [5.41, 5.74) is 0.926. The van der Waals surface area contributed by atoms with Crippen LogP contribution in [0.5, 0.6) is 0 Å². The SMILES string of the molecule is CCC(NCCCC(=O)O)c1cccc([N+](=O)[O-])c1. The lowest BCUT2D eigenvalue weighted by Crippen LogP contribution is -2.22. The van der Waals surface area contributed by atoms with Crippen molar-refractivity contribution >= 4 is 11.7 Å². The number of nitrogens with zero attached hydrogens (tertiary/aromatic N) is 1. The number of nitrogens with one attached hydrogen (secondary N) is 1. The molecule has 1 rings (SSSR count). The van der Waals surface area contributed by atoms with Crippen LogP contribution >= 0.6 is 0 Å². The first-order valence-electron chi connectivity index (χ1n) is 6.24. The molecule has 6 nitrogen and oxygen atoms in total. The average molecular weight is 266 g/mol. The summed E-state index contributed by atoms with van der Waals surface area (Å²) in [5.74, 6) is -0.815. The van der Waals surface area contributed by atoms with Gasteiger partial charge in [0.05, 0.1) is 4.92 Å². The Labute approximate surface area is 111 Å². The molecule has 0 heterocycles. The van der Waals surface area contributed by atoms with Crippen LogP contribution in [0.2, 0.25) is 0 Å². The molecule has 0 fully saturated rings. The third-order valence-electron chi connectivity index (χ3n) is 2.85. The summed E-state index contributed by atoms with van der Waals surface area (Å²) in [4.78, 5) is 20.7. The second-order valence-corrected chi connectivity index (χ2v) is 4.26. The van der Waals surface area contributed by atoms with Gasteiger partial charge >= 0.3 is 5.97 Å². The number of carboxylic acid groups (broad SMARTS) is 1. The monoisotopic (exact) mass is 266 g/mol. The molecule has 0 bridgehead atoms. The molecule has 0 spiro atoms. The van der Waals surface area contributed by atoms with E-state index in [0.717, 1.165) is 12.0 Å². The zero-order chi connectivity index (χ0) is 14.3. The first-order valence-corrected chi connectivity index (χ1v) is 6.24. The maximum absolute atomic E-state index is 10.7. The van der Waals surface area contributed by atoms with E-state index in [4.69, 9.17) is 5.11 Å². The first-order chi connectivity index (χ1) is 9.04. The van der Waals surface area contributed by atoms with E-state index in [1.54, 1.807) is 12.1 Å². The standard InChI is InChI=1S/C13H18N2O4/c1-2-12(14-8-4-7-13(16)17)10-5-3-6-11(9-10)15(18)19/h3,5-6,9,12,14H,2,4,7-8H2,1H3,(H,16,17). The topological polar surface area (TPSA) is 92.5 Å². The molecule has 1 aromatic carbocycles. The number of benzene rings is 1. The largest absolute Gasteiger partial charge is 0.481 e. The highest BCUT2D eigenvalue weighted by atomic mass is 16.6. The molecule has 1 unspecified atom stereocenters. The second-order valence-electron chi connectivity index (χ2n) is 4.26. The van der Waals surface area contributed by atoms with Gasteiger partial charge in [0.2, 0.25) is 0 Å². The van der Waals surface area contributed by atoms with Crippen LogP contribution < -0.4 is 5.32 Å². The van der Waals surface area contributed by atoms with Crippen molar-refractivity contribution in [1.29, 1.82) is 0 Å². The van der Waals surface area contributed by atoms with Crippen LogP contribution in [-0.4, -0.2) is 22.5 Å². The van der Waals surface area contributed by atoms with Gasteiger partial charge in [-0.25, -0.2) is 0 Å². The van der Waals surface area contributed by atoms with Crippen LogP contribution in [0.15, 0.2) is 24.3 Å². The highest BCUT2D eigenvalue weighted by Crippen LogP contribution is 2.21. The molecular weight excluding hydrogens is 248 g/mol. The van der Waals surface area contributed by atoms with Crippen molar-refractivity contribution in [3.8, 4) is 0 Å². The molecule has 104 valence electrons. The predicted molar refractivity (Wildman–Crippen MR) is 71.0 cm³/mol. The number of hydrogen-bond acceptors (Lipinski definition) is 4. The van der Waals surface area contributed by atoms with Crippen molar-refractivity contribution in [3.05, 3.63) is 39.9 Å². The van der Waals surface area contributed by atoms with Gasteiger partial charge in [0.15, 0.2) is 0 Å². The first kappa shape index (κ1) is 15.1. The van der Waals surface area contributed by atoms with Crippen LogP contribution in [0.25, 0.3) is 0 Å². The van der Waals surface area contributed by atoms with E-state index in [-0.39, 0.29) is 18.2 Å². The molecule has 2 N–H and O–H groups in total. The van der Waals surface area contributed by atoms with E-state index < -0.39 is 10.9 Å². The minimum Gasteiger partial charge on any atom is -0.481 e. The van der Waals surface area contributed by atoms with Gasteiger partial charge in [-0.2, -0.15) is 0 Å². The fourth-order valence-electron chi connectivity index (χ4n) is 1.87. The van der Waals surface area contributed by atoms with Gasteiger partial charge in [0.25, 0.3) is 5.69 Å². The van der Waals surface area contributed by atoms with Gasteiger partial charge in [-0.05, 0) is 24.9 Å². The summed E-state index contributed by atoms with van der Waals surface area (Å²) in [5, 5.41) is 22.5. The lowest BCUT2D eigenvalue weighted by atomic mass is 10.0. The summed E-state index contributed by atoms with van der Waals surface area (Å²) in [7, 11) is 0. The molecule has 0 saturated heterocycles. The van der Waals surface area contributed by atoms with Gasteiger partial charge in [-0.1, -0.05) is 19.1 Å². The predicted octanol–water partition coefficient (Wildman–Crippen LogP) is 2.50. The number of rotatable bonds is 8. The Balaban J connectivity index is 2.61. The molecule has 1 atom stereocenters. The molecule has 0 amide bonds. The highest BCUT2D eigenvalue weighted by Gasteiger charge is 2.12. The Morgan fingerprint density at radius 3 is 2.84 bits per heavy atom. The fourth-order valence-corrected chi connectivity index (χ4v) is 1.87. The van der Waals surface area contributed by atoms with E-state index in [9.17, 15) is 14.9 Å². The molecular formula is C13H18N2O4. The number of aliphatic carboxylic acids is 1. The van der Waals surface area contributed by atoms with E-state index in [2.05, 4.69) is 5.32 Å². The van der Waals surface area contributed by atoms with E-state index >= 15 is 0 Å². The molecule has 0 aliphatic carbocycles.